The Bertz CT molecular complexity index is 1080. The number of hydrogen-bond acceptors (Lipinski definition) is 4. The Morgan fingerprint density at radius 2 is 1.84 bits per heavy atom. The number of rotatable bonds is 6. The molecule has 0 saturated carbocycles. The first-order valence-corrected chi connectivity index (χ1v) is 12.2. The first kappa shape index (κ1) is 21.8. The molecule has 2 N–H and O–H groups in total. The Morgan fingerprint density at radius 1 is 1.13 bits per heavy atom. The molecule has 3 aromatic rings. The van der Waals surface area contributed by atoms with E-state index in [-0.39, 0.29) is 5.76 Å². The highest BCUT2D eigenvalue weighted by atomic mass is 79.9. The number of nitrogens with one attached hydrogen (secondary N) is 1. The van der Waals surface area contributed by atoms with Gasteiger partial charge in [0.2, 0.25) is 0 Å². The van der Waals surface area contributed by atoms with Crippen molar-refractivity contribution in [3.63, 3.8) is 0 Å². The molecule has 0 unspecified atom stereocenters. The minimum Gasteiger partial charge on any atom is -0.506 e. The zero-order valence-corrected chi connectivity index (χ0v) is 19.6. The summed E-state index contributed by atoms with van der Waals surface area (Å²) in [6.45, 7) is 2.51. The Balaban J connectivity index is 1.38. The molecule has 0 spiro atoms. The molecule has 31 heavy (non-hydrogen) atoms. The van der Waals surface area contributed by atoms with Crippen molar-refractivity contribution >= 4 is 32.8 Å². The van der Waals surface area contributed by atoms with Gasteiger partial charge in [0.05, 0.1) is 18.8 Å². The first-order valence-electron chi connectivity index (χ1n) is 10.5. The van der Waals surface area contributed by atoms with Crippen molar-refractivity contribution in [2.75, 3.05) is 19.6 Å². The van der Waals surface area contributed by atoms with Gasteiger partial charge in [0, 0.05) is 15.4 Å². The minimum absolute atomic E-state index is 0.149. The highest BCUT2D eigenvalue weighted by Gasteiger charge is 2.25. The highest BCUT2D eigenvalue weighted by molar-refractivity contribution is 9.10. The van der Waals surface area contributed by atoms with Crippen LogP contribution in [0.1, 0.15) is 23.4 Å². The molecule has 4 rings (SSSR count). The number of halogens is 1. The molecule has 1 aliphatic rings. The number of aliphatic hydroxyl groups is 1. The number of benzene rings is 2. The molecule has 0 bridgehead atoms. The smallest absolute Gasteiger partial charge is 0.168 e. The molecule has 0 radical (unpaired) electrons. The highest BCUT2D eigenvalue weighted by Crippen LogP contribution is 2.28. The van der Waals surface area contributed by atoms with E-state index >= 15 is 0 Å². The lowest BCUT2D eigenvalue weighted by Gasteiger charge is -2.29. The standard InChI is InChI=1S/C25H24BrN3OS/c26-21-8-6-20(7-9-21)23-17-31-25(28-23)22(15-27)24(30)16-29-12-10-19(11-13-29)14-18-4-2-1-3-5-18/h1-9,17,19,30H,10-14,16H2/p+1/b24-22-. The number of nitrogens with zero attached hydrogens (tertiary/aromatic N) is 2. The van der Waals surface area contributed by atoms with Gasteiger partial charge in [-0.1, -0.05) is 58.4 Å². The van der Waals surface area contributed by atoms with Crippen molar-refractivity contribution in [3.8, 4) is 17.3 Å². The Hall–Kier alpha value is -2.46. The van der Waals surface area contributed by atoms with Crippen molar-refractivity contribution in [3.05, 3.63) is 80.8 Å². The molecule has 0 atom stereocenters. The number of aliphatic hydroxyl groups excluding tert-OH is 1. The van der Waals surface area contributed by atoms with E-state index in [4.69, 9.17) is 0 Å². The predicted molar refractivity (Wildman–Crippen MR) is 129 cm³/mol. The number of aromatic nitrogens is 1. The van der Waals surface area contributed by atoms with Crippen LogP contribution in [-0.4, -0.2) is 29.7 Å². The number of thiazole rings is 1. The van der Waals surface area contributed by atoms with E-state index in [0.717, 1.165) is 48.1 Å². The topological polar surface area (TPSA) is 61.3 Å². The van der Waals surface area contributed by atoms with Gasteiger partial charge in [0.15, 0.2) is 5.76 Å². The summed E-state index contributed by atoms with van der Waals surface area (Å²) in [5.74, 6) is 0.843. The molecule has 1 aliphatic heterocycles. The average Bonchev–Trinajstić information content (AvgIpc) is 3.26. The molecule has 1 fully saturated rings. The summed E-state index contributed by atoms with van der Waals surface area (Å²) in [5, 5.41) is 22.9. The van der Waals surface area contributed by atoms with Crippen LogP contribution < -0.4 is 4.90 Å². The molecule has 0 aliphatic carbocycles. The molecule has 1 saturated heterocycles. The Morgan fingerprint density at radius 3 is 2.52 bits per heavy atom. The number of nitriles is 1. The predicted octanol–water partition coefficient (Wildman–Crippen LogP) is 4.90. The van der Waals surface area contributed by atoms with Gasteiger partial charge in [-0.2, -0.15) is 5.26 Å². The number of quaternary nitrogens is 1. The van der Waals surface area contributed by atoms with Crippen LogP contribution >= 0.6 is 27.3 Å². The number of hydrogen-bond donors (Lipinski definition) is 2. The van der Waals surface area contributed by atoms with E-state index in [9.17, 15) is 10.4 Å². The Kier molecular flexibility index (Phi) is 7.18. The van der Waals surface area contributed by atoms with Gasteiger partial charge in [0.25, 0.3) is 0 Å². The van der Waals surface area contributed by atoms with Crippen molar-refractivity contribution in [2.24, 2.45) is 5.92 Å². The van der Waals surface area contributed by atoms with Crippen LogP contribution in [0.25, 0.3) is 16.8 Å². The minimum atomic E-state index is 0.149. The largest absolute Gasteiger partial charge is 0.506 e. The van der Waals surface area contributed by atoms with Gasteiger partial charge >= 0.3 is 0 Å². The molecule has 158 valence electrons. The van der Waals surface area contributed by atoms with E-state index in [1.54, 1.807) is 0 Å². The lowest BCUT2D eigenvalue weighted by Crippen LogP contribution is -3.13. The SMILES string of the molecule is N#C/C(=C(/O)C[NH+]1CCC(Cc2ccccc2)CC1)c1nc(-c2ccc(Br)cc2)cs1. The van der Waals surface area contributed by atoms with E-state index in [0.29, 0.717) is 23.0 Å². The molecule has 2 heterocycles. The van der Waals surface area contributed by atoms with Crippen LogP contribution in [0, 0.1) is 17.2 Å². The van der Waals surface area contributed by atoms with Crippen LogP contribution in [0.2, 0.25) is 0 Å². The molecular weight excluding hydrogens is 470 g/mol. The fourth-order valence-electron chi connectivity index (χ4n) is 4.12. The number of allylic oxidation sites excluding steroid dienone is 1. The molecule has 1 aromatic heterocycles. The molecule has 4 nitrogen and oxygen atoms in total. The second kappa shape index (κ2) is 10.2. The summed E-state index contributed by atoms with van der Waals surface area (Å²) < 4.78 is 1.01. The molecule has 6 heteroatoms. The fraction of sp³-hybridized carbons (Fsp3) is 0.280. The maximum absolute atomic E-state index is 10.7. The Labute approximate surface area is 195 Å². The van der Waals surface area contributed by atoms with E-state index in [1.807, 2.05) is 29.6 Å². The number of likely N-dealkylation sites (tertiary alicyclic amines) is 1. The van der Waals surface area contributed by atoms with Gasteiger partial charge in [-0.05, 0) is 42.9 Å². The molecule has 2 aromatic carbocycles. The normalized spacial score (nSPS) is 19.5. The van der Waals surface area contributed by atoms with Crippen LogP contribution in [-0.2, 0) is 6.42 Å². The van der Waals surface area contributed by atoms with Crippen LogP contribution in [0.5, 0.6) is 0 Å². The van der Waals surface area contributed by atoms with E-state index in [1.165, 1.54) is 21.8 Å². The van der Waals surface area contributed by atoms with Crippen molar-refractivity contribution < 1.29 is 10.0 Å². The average molecular weight is 495 g/mol. The van der Waals surface area contributed by atoms with Crippen LogP contribution in [0.15, 0.2) is 70.2 Å². The van der Waals surface area contributed by atoms with Gasteiger partial charge < -0.3 is 10.0 Å². The lowest BCUT2D eigenvalue weighted by molar-refractivity contribution is -0.902. The third-order valence-electron chi connectivity index (χ3n) is 5.86. The maximum Gasteiger partial charge on any atom is 0.168 e. The summed E-state index contributed by atoms with van der Waals surface area (Å²) >= 11 is 4.84. The summed E-state index contributed by atoms with van der Waals surface area (Å²) in [7, 11) is 0. The molecular formula is C25H25BrN3OS+. The van der Waals surface area contributed by atoms with Gasteiger partial charge in [-0.25, -0.2) is 4.98 Å². The van der Waals surface area contributed by atoms with Gasteiger partial charge in [-0.3, -0.25) is 0 Å². The van der Waals surface area contributed by atoms with Crippen LogP contribution in [0.4, 0.5) is 0 Å². The van der Waals surface area contributed by atoms with Crippen molar-refractivity contribution in [2.45, 2.75) is 19.3 Å². The first-order chi connectivity index (χ1) is 15.1. The van der Waals surface area contributed by atoms with E-state index in [2.05, 4.69) is 57.3 Å². The lowest BCUT2D eigenvalue weighted by atomic mass is 9.90. The third-order valence-corrected chi connectivity index (χ3v) is 7.24. The zero-order chi connectivity index (χ0) is 21.6. The zero-order valence-electron chi connectivity index (χ0n) is 17.2. The quantitative estimate of drug-likeness (QED) is 0.378. The van der Waals surface area contributed by atoms with Crippen molar-refractivity contribution in [1.29, 1.82) is 5.26 Å². The summed E-state index contributed by atoms with van der Waals surface area (Å²) in [5.41, 5.74) is 3.51. The monoisotopic (exact) mass is 494 g/mol. The van der Waals surface area contributed by atoms with Gasteiger partial charge in [0.1, 0.15) is 23.2 Å². The summed E-state index contributed by atoms with van der Waals surface area (Å²) in [6, 6.07) is 20.8. The number of piperidine rings is 1. The second-order valence-corrected chi connectivity index (χ2v) is 9.81. The van der Waals surface area contributed by atoms with Gasteiger partial charge in [-0.15, -0.1) is 11.3 Å². The third kappa shape index (κ3) is 5.62. The van der Waals surface area contributed by atoms with Crippen molar-refractivity contribution in [1.82, 2.24) is 4.98 Å². The van der Waals surface area contributed by atoms with E-state index < -0.39 is 0 Å². The second-order valence-electron chi connectivity index (χ2n) is 8.04. The molecule has 0 amide bonds. The summed E-state index contributed by atoms with van der Waals surface area (Å²) in [4.78, 5) is 5.94. The maximum atomic E-state index is 10.7. The fourth-order valence-corrected chi connectivity index (χ4v) is 5.23. The van der Waals surface area contributed by atoms with Crippen LogP contribution in [0.3, 0.4) is 0 Å². The summed E-state index contributed by atoms with van der Waals surface area (Å²) in [6.07, 6.45) is 3.41.